The van der Waals surface area contributed by atoms with Crippen molar-refractivity contribution in [2.45, 2.75) is 0 Å². The van der Waals surface area contributed by atoms with Crippen LogP contribution in [0.2, 0.25) is 5.02 Å². The fraction of sp³-hybridized carbons (Fsp3) is 0.0400. The van der Waals surface area contributed by atoms with Crippen LogP contribution in [0, 0.1) is 5.82 Å². The number of rotatable bonds is 6. The number of halogens is 2. The molecule has 0 spiro atoms. The lowest BCUT2D eigenvalue weighted by Gasteiger charge is -2.10. The van der Waals surface area contributed by atoms with Gasteiger partial charge < -0.3 is 15.4 Å². The van der Waals surface area contributed by atoms with Gasteiger partial charge in [0.15, 0.2) is 6.61 Å². The molecule has 0 aliphatic carbocycles. The molecule has 0 aliphatic rings. The number of anilines is 2. The van der Waals surface area contributed by atoms with E-state index >= 15 is 0 Å². The molecule has 0 saturated carbocycles. The molecular formula is C25H18ClFN2O3. The minimum Gasteiger partial charge on any atom is -0.484 e. The zero-order valence-electron chi connectivity index (χ0n) is 16.8. The Bertz CT molecular complexity index is 1310. The van der Waals surface area contributed by atoms with Crippen molar-refractivity contribution in [1.29, 1.82) is 0 Å². The van der Waals surface area contributed by atoms with Gasteiger partial charge in [-0.05, 0) is 59.3 Å². The fourth-order valence-corrected chi connectivity index (χ4v) is 3.30. The van der Waals surface area contributed by atoms with Crippen LogP contribution in [0.15, 0.2) is 84.9 Å². The van der Waals surface area contributed by atoms with Gasteiger partial charge in [0.1, 0.15) is 11.6 Å². The van der Waals surface area contributed by atoms with Gasteiger partial charge in [0.05, 0.1) is 5.02 Å². The van der Waals surface area contributed by atoms with Crippen molar-refractivity contribution in [3.8, 4) is 5.75 Å². The highest BCUT2D eigenvalue weighted by Gasteiger charge is 2.10. The third-order valence-corrected chi connectivity index (χ3v) is 4.97. The third-order valence-electron chi connectivity index (χ3n) is 4.68. The zero-order valence-corrected chi connectivity index (χ0v) is 17.5. The highest BCUT2D eigenvalue weighted by molar-refractivity contribution is 6.31. The summed E-state index contributed by atoms with van der Waals surface area (Å²) >= 11 is 5.74. The fourth-order valence-electron chi connectivity index (χ4n) is 3.12. The number of nitrogens with one attached hydrogen (secondary N) is 2. The van der Waals surface area contributed by atoms with Gasteiger partial charge in [-0.2, -0.15) is 0 Å². The average Bonchev–Trinajstić information content (AvgIpc) is 2.80. The van der Waals surface area contributed by atoms with E-state index in [2.05, 4.69) is 10.6 Å². The second kappa shape index (κ2) is 9.49. The summed E-state index contributed by atoms with van der Waals surface area (Å²) in [6.45, 7) is -0.178. The smallest absolute Gasteiger partial charge is 0.262 e. The average molecular weight is 449 g/mol. The largest absolute Gasteiger partial charge is 0.484 e. The number of fused-ring (bicyclic) bond motifs is 1. The second-order valence-electron chi connectivity index (χ2n) is 7.01. The van der Waals surface area contributed by atoms with Crippen LogP contribution in [-0.2, 0) is 4.79 Å². The summed E-state index contributed by atoms with van der Waals surface area (Å²) in [6.07, 6.45) is 0. The van der Waals surface area contributed by atoms with E-state index in [1.54, 1.807) is 18.2 Å². The monoisotopic (exact) mass is 448 g/mol. The van der Waals surface area contributed by atoms with Crippen molar-refractivity contribution in [1.82, 2.24) is 0 Å². The first-order valence-corrected chi connectivity index (χ1v) is 10.1. The number of carbonyl (C=O) groups excluding carboxylic acids is 2. The van der Waals surface area contributed by atoms with Crippen molar-refractivity contribution < 1.29 is 18.7 Å². The van der Waals surface area contributed by atoms with Gasteiger partial charge in [0, 0.05) is 16.9 Å². The number of hydrogen-bond donors (Lipinski definition) is 2. The Labute approximate surface area is 188 Å². The molecule has 32 heavy (non-hydrogen) atoms. The molecule has 0 atom stereocenters. The first-order chi connectivity index (χ1) is 15.5. The first-order valence-electron chi connectivity index (χ1n) is 9.76. The molecule has 0 aliphatic heterocycles. The molecule has 0 radical (unpaired) electrons. The van der Waals surface area contributed by atoms with Crippen molar-refractivity contribution in [2.75, 3.05) is 17.2 Å². The van der Waals surface area contributed by atoms with E-state index in [-0.39, 0.29) is 17.5 Å². The lowest BCUT2D eigenvalue weighted by Crippen LogP contribution is -2.20. The SMILES string of the molecule is O=C(COc1ccc2ccccc2c1)Nc1cccc(C(=O)Nc2ccc(F)c(Cl)c2)c1. The summed E-state index contributed by atoms with van der Waals surface area (Å²) in [5, 5.41) is 7.37. The Morgan fingerprint density at radius 2 is 1.59 bits per heavy atom. The molecule has 160 valence electrons. The number of benzene rings is 4. The van der Waals surface area contributed by atoms with Gasteiger partial charge in [0.25, 0.3) is 11.8 Å². The molecule has 0 unspecified atom stereocenters. The lowest BCUT2D eigenvalue weighted by molar-refractivity contribution is -0.118. The minimum atomic E-state index is -0.569. The van der Waals surface area contributed by atoms with Gasteiger partial charge in [-0.1, -0.05) is 48.0 Å². The molecule has 0 saturated heterocycles. The zero-order chi connectivity index (χ0) is 22.5. The molecule has 5 nitrogen and oxygen atoms in total. The molecule has 2 amide bonds. The standard InChI is InChI=1S/C25H18ClFN2O3/c26-22-14-20(9-11-23(22)27)29-25(31)18-6-3-7-19(12-18)28-24(30)15-32-21-10-8-16-4-1-2-5-17(16)13-21/h1-14H,15H2,(H,28,30)(H,29,31). The van der Waals surface area contributed by atoms with E-state index in [9.17, 15) is 14.0 Å². The van der Waals surface area contributed by atoms with E-state index in [4.69, 9.17) is 16.3 Å². The van der Waals surface area contributed by atoms with Crippen LogP contribution in [-0.4, -0.2) is 18.4 Å². The molecule has 0 heterocycles. The summed E-state index contributed by atoms with van der Waals surface area (Å²) in [4.78, 5) is 24.8. The highest BCUT2D eigenvalue weighted by Crippen LogP contribution is 2.22. The Balaban J connectivity index is 1.36. The van der Waals surface area contributed by atoms with E-state index in [0.29, 0.717) is 22.7 Å². The van der Waals surface area contributed by atoms with Crippen LogP contribution >= 0.6 is 11.6 Å². The highest BCUT2D eigenvalue weighted by atomic mass is 35.5. The molecule has 0 bridgehead atoms. The molecule has 4 aromatic rings. The summed E-state index contributed by atoms with van der Waals surface area (Å²) < 4.78 is 18.9. The quantitative estimate of drug-likeness (QED) is 0.385. The van der Waals surface area contributed by atoms with Crippen LogP contribution in [0.3, 0.4) is 0 Å². The van der Waals surface area contributed by atoms with E-state index in [1.165, 1.54) is 24.3 Å². The maximum absolute atomic E-state index is 13.3. The van der Waals surface area contributed by atoms with Gasteiger partial charge in [-0.15, -0.1) is 0 Å². The van der Waals surface area contributed by atoms with Crippen molar-refractivity contribution in [3.05, 3.63) is 101 Å². The Hall–Kier alpha value is -3.90. The second-order valence-corrected chi connectivity index (χ2v) is 7.42. The summed E-state index contributed by atoms with van der Waals surface area (Å²) in [5.41, 5.74) is 1.13. The Morgan fingerprint density at radius 3 is 2.41 bits per heavy atom. The molecule has 2 N–H and O–H groups in total. The topological polar surface area (TPSA) is 67.4 Å². The minimum absolute atomic E-state index is 0.0878. The van der Waals surface area contributed by atoms with Gasteiger partial charge in [-0.3, -0.25) is 9.59 Å². The van der Waals surface area contributed by atoms with E-state index < -0.39 is 11.7 Å². The van der Waals surface area contributed by atoms with Gasteiger partial charge >= 0.3 is 0 Å². The summed E-state index contributed by atoms with van der Waals surface area (Å²) in [6, 6.07) is 23.8. The predicted molar refractivity (Wildman–Crippen MR) is 124 cm³/mol. The lowest BCUT2D eigenvalue weighted by atomic mass is 10.1. The van der Waals surface area contributed by atoms with Gasteiger partial charge in [-0.25, -0.2) is 4.39 Å². The van der Waals surface area contributed by atoms with Crippen LogP contribution < -0.4 is 15.4 Å². The summed E-state index contributed by atoms with van der Waals surface area (Å²) in [5.74, 6) is -0.762. The first kappa shape index (κ1) is 21.3. The number of hydrogen-bond acceptors (Lipinski definition) is 3. The molecule has 0 fully saturated rings. The van der Waals surface area contributed by atoms with Crippen LogP contribution in [0.1, 0.15) is 10.4 Å². The molecule has 0 aromatic heterocycles. The Kier molecular flexibility index (Phi) is 6.33. The number of amides is 2. The number of ether oxygens (including phenoxy) is 1. The van der Waals surface area contributed by atoms with Crippen molar-refractivity contribution in [3.63, 3.8) is 0 Å². The normalized spacial score (nSPS) is 10.6. The summed E-state index contributed by atoms with van der Waals surface area (Å²) in [7, 11) is 0. The molecule has 7 heteroatoms. The maximum Gasteiger partial charge on any atom is 0.262 e. The maximum atomic E-state index is 13.3. The third kappa shape index (κ3) is 5.22. The van der Waals surface area contributed by atoms with Crippen LogP contribution in [0.5, 0.6) is 5.75 Å². The van der Waals surface area contributed by atoms with Gasteiger partial charge in [0.2, 0.25) is 0 Å². The number of carbonyl (C=O) groups is 2. The van der Waals surface area contributed by atoms with E-state index in [1.807, 2.05) is 42.5 Å². The molecule has 4 rings (SSSR count). The molecular weight excluding hydrogens is 431 g/mol. The van der Waals surface area contributed by atoms with E-state index in [0.717, 1.165) is 10.8 Å². The van der Waals surface area contributed by atoms with Crippen LogP contribution in [0.4, 0.5) is 15.8 Å². The van der Waals surface area contributed by atoms with Crippen LogP contribution in [0.25, 0.3) is 10.8 Å². The Morgan fingerprint density at radius 1 is 0.812 bits per heavy atom. The molecule has 4 aromatic carbocycles. The van der Waals surface area contributed by atoms with Crippen molar-refractivity contribution >= 4 is 45.6 Å². The predicted octanol–water partition coefficient (Wildman–Crippen LogP) is 5.90. The van der Waals surface area contributed by atoms with Crippen molar-refractivity contribution in [2.24, 2.45) is 0 Å².